The van der Waals surface area contributed by atoms with Crippen LogP contribution in [-0.4, -0.2) is 5.97 Å². The first-order valence-electron chi connectivity index (χ1n) is 6.34. The van der Waals surface area contributed by atoms with E-state index < -0.39 is 0 Å². The van der Waals surface area contributed by atoms with Crippen molar-refractivity contribution in [2.75, 3.05) is 0 Å². The maximum absolute atomic E-state index is 11.5. The van der Waals surface area contributed by atoms with Crippen molar-refractivity contribution >= 4 is 5.97 Å². The van der Waals surface area contributed by atoms with Gasteiger partial charge in [-0.2, -0.15) is 0 Å². The number of carbonyl (C=O) groups is 1. The second kappa shape index (κ2) is 5.51. The first kappa shape index (κ1) is 13.3. The molecule has 0 bridgehead atoms. The van der Waals surface area contributed by atoms with E-state index in [1.807, 2.05) is 0 Å². The van der Waals surface area contributed by atoms with E-state index >= 15 is 0 Å². The summed E-state index contributed by atoms with van der Waals surface area (Å²) in [6.45, 7) is 8.71. The molecular formula is C14H24O2. The summed E-state index contributed by atoms with van der Waals surface area (Å²) in [5.74, 6) is 0.872. The maximum atomic E-state index is 11.5. The molecule has 0 amide bonds. The zero-order chi connectivity index (χ0) is 12.2. The summed E-state index contributed by atoms with van der Waals surface area (Å²) < 4.78 is 5.44. The smallest absolute Gasteiger partial charge is 0.310 e. The molecule has 0 aromatic rings. The topological polar surface area (TPSA) is 26.3 Å². The minimum atomic E-state index is -0.0593. The highest BCUT2D eigenvalue weighted by atomic mass is 16.5. The van der Waals surface area contributed by atoms with Crippen molar-refractivity contribution in [1.29, 1.82) is 0 Å². The Morgan fingerprint density at radius 2 is 2.12 bits per heavy atom. The van der Waals surface area contributed by atoms with E-state index in [9.17, 15) is 4.79 Å². The highest BCUT2D eigenvalue weighted by Gasteiger charge is 2.26. The van der Waals surface area contributed by atoms with Crippen LogP contribution in [0.2, 0.25) is 0 Å². The third-order valence-electron chi connectivity index (χ3n) is 3.22. The number of hydrogen-bond acceptors (Lipinski definition) is 2. The fourth-order valence-electron chi connectivity index (χ4n) is 2.22. The van der Waals surface area contributed by atoms with Gasteiger partial charge in [0.1, 0.15) is 5.76 Å². The monoisotopic (exact) mass is 224 g/mol. The summed E-state index contributed by atoms with van der Waals surface area (Å²) in [5, 5.41) is 0. The third kappa shape index (κ3) is 3.99. The molecule has 0 radical (unpaired) electrons. The molecule has 0 fully saturated rings. The molecule has 0 aromatic carbocycles. The Hall–Kier alpha value is -0.790. The number of hydrogen-bond donors (Lipinski definition) is 0. The van der Waals surface area contributed by atoms with E-state index in [1.54, 1.807) is 0 Å². The Bertz CT molecular complexity index is 287. The average Bonchev–Trinajstić information content (AvgIpc) is 2.18. The molecule has 0 aliphatic heterocycles. The van der Waals surface area contributed by atoms with Gasteiger partial charge < -0.3 is 4.74 Å². The highest BCUT2D eigenvalue weighted by molar-refractivity contribution is 5.70. The lowest BCUT2D eigenvalue weighted by Crippen LogP contribution is -2.19. The quantitative estimate of drug-likeness (QED) is 0.669. The van der Waals surface area contributed by atoms with Crippen molar-refractivity contribution < 1.29 is 9.53 Å². The van der Waals surface area contributed by atoms with Crippen LogP contribution in [0.25, 0.3) is 0 Å². The van der Waals surface area contributed by atoms with Crippen LogP contribution in [-0.2, 0) is 9.53 Å². The summed E-state index contributed by atoms with van der Waals surface area (Å²) >= 11 is 0. The van der Waals surface area contributed by atoms with Crippen molar-refractivity contribution in [3.05, 3.63) is 11.3 Å². The largest absolute Gasteiger partial charge is 0.431 e. The molecule has 0 spiro atoms. The van der Waals surface area contributed by atoms with Gasteiger partial charge in [0.05, 0.1) is 0 Å². The zero-order valence-corrected chi connectivity index (χ0v) is 11.1. The number of unbranched alkanes of at least 4 members (excludes halogenated alkanes) is 1. The van der Waals surface area contributed by atoms with Gasteiger partial charge in [-0.3, -0.25) is 4.79 Å². The molecule has 0 heterocycles. The fraction of sp³-hybridized carbons (Fsp3) is 0.786. The van der Waals surface area contributed by atoms with Gasteiger partial charge in [-0.05, 0) is 37.2 Å². The lowest BCUT2D eigenvalue weighted by Gasteiger charge is -2.31. The fourth-order valence-corrected chi connectivity index (χ4v) is 2.22. The lowest BCUT2D eigenvalue weighted by atomic mass is 9.77. The standard InChI is InChI=1S/C14H24O2/c1-5-6-7-13(15)16-12-8-9-14(3,4)10-11(12)2/h5-10H2,1-4H3. The van der Waals surface area contributed by atoms with E-state index in [0.717, 1.165) is 37.9 Å². The Labute approximate surface area is 99.1 Å². The molecule has 0 atom stereocenters. The van der Waals surface area contributed by atoms with Crippen LogP contribution in [0.15, 0.2) is 11.3 Å². The summed E-state index contributed by atoms with van der Waals surface area (Å²) in [6, 6.07) is 0. The van der Waals surface area contributed by atoms with Crippen LogP contribution >= 0.6 is 0 Å². The van der Waals surface area contributed by atoms with E-state index in [1.165, 1.54) is 5.57 Å². The van der Waals surface area contributed by atoms with Gasteiger partial charge >= 0.3 is 5.97 Å². The summed E-state index contributed by atoms with van der Waals surface area (Å²) in [4.78, 5) is 11.5. The van der Waals surface area contributed by atoms with Gasteiger partial charge in [0.15, 0.2) is 0 Å². The van der Waals surface area contributed by atoms with Gasteiger partial charge in [0.2, 0.25) is 0 Å². The highest BCUT2D eigenvalue weighted by Crippen LogP contribution is 2.38. The van der Waals surface area contributed by atoms with Crippen molar-refractivity contribution in [2.24, 2.45) is 5.41 Å². The summed E-state index contributed by atoms with van der Waals surface area (Å²) in [6.07, 6.45) is 5.59. The van der Waals surface area contributed by atoms with Crippen LogP contribution in [0.4, 0.5) is 0 Å². The second-order valence-electron chi connectivity index (χ2n) is 5.62. The normalized spacial score (nSPS) is 19.8. The van der Waals surface area contributed by atoms with Gasteiger partial charge in [-0.15, -0.1) is 0 Å². The molecule has 2 heteroatoms. The summed E-state index contributed by atoms with van der Waals surface area (Å²) in [5.41, 5.74) is 1.62. The molecule has 1 aliphatic carbocycles. The molecule has 92 valence electrons. The third-order valence-corrected chi connectivity index (χ3v) is 3.22. The number of allylic oxidation sites excluding steroid dienone is 2. The predicted octanol–water partition coefficient (Wildman–Crippen LogP) is 4.20. The molecule has 0 unspecified atom stereocenters. The summed E-state index contributed by atoms with van der Waals surface area (Å²) in [7, 11) is 0. The van der Waals surface area contributed by atoms with Gasteiger partial charge in [0.25, 0.3) is 0 Å². The Morgan fingerprint density at radius 3 is 2.69 bits per heavy atom. The van der Waals surface area contributed by atoms with Crippen molar-refractivity contribution in [3.8, 4) is 0 Å². The molecule has 1 rings (SSSR count). The van der Waals surface area contributed by atoms with E-state index in [4.69, 9.17) is 4.74 Å². The first-order valence-corrected chi connectivity index (χ1v) is 6.34. The van der Waals surface area contributed by atoms with Crippen molar-refractivity contribution in [3.63, 3.8) is 0 Å². The molecular weight excluding hydrogens is 200 g/mol. The van der Waals surface area contributed by atoms with Crippen LogP contribution in [0.5, 0.6) is 0 Å². The predicted molar refractivity (Wildman–Crippen MR) is 65.9 cm³/mol. The van der Waals surface area contributed by atoms with Crippen molar-refractivity contribution in [1.82, 2.24) is 0 Å². The van der Waals surface area contributed by atoms with Gasteiger partial charge in [0, 0.05) is 12.8 Å². The van der Waals surface area contributed by atoms with Crippen LogP contribution < -0.4 is 0 Å². The number of carbonyl (C=O) groups excluding carboxylic acids is 1. The van der Waals surface area contributed by atoms with Gasteiger partial charge in [-0.1, -0.05) is 27.2 Å². The minimum absolute atomic E-state index is 0.0593. The molecule has 0 aromatic heterocycles. The van der Waals surface area contributed by atoms with Crippen LogP contribution in [0.3, 0.4) is 0 Å². The lowest BCUT2D eigenvalue weighted by molar-refractivity contribution is -0.140. The van der Waals surface area contributed by atoms with Gasteiger partial charge in [-0.25, -0.2) is 0 Å². The second-order valence-corrected chi connectivity index (χ2v) is 5.62. The Kier molecular flexibility index (Phi) is 4.57. The Morgan fingerprint density at radius 1 is 1.44 bits per heavy atom. The number of rotatable bonds is 4. The molecule has 16 heavy (non-hydrogen) atoms. The molecule has 2 nitrogen and oxygen atoms in total. The number of ether oxygens (including phenoxy) is 1. The average molecular weight is 224 g/mol. The van der Waals surface area contributed by atoms with E-state index in [0.29, 0.717) is 11.8 Å². The van der Waals surface area contributed by atoms with Crippen molar-refractivity contribution in [2.45, 2.75) is 66.2 Å². The molecule has 0 saturated heterocycles. The van der Waals surface area contributed by atoms with Crippen LogP contribution in [0.1, 0.15) is 66.2 Å². The minimum Gasteiger partial charge on any atom is -0.431 e. The SMILES string of the molecule is CCCCC(=O)OC1=C(C)CC(C)(C)CC1. The van der Waals surface area contributed by atoms with E-state index in [-0.39, 0.29) is 5.97 Å². The van der Waals surface area contributed by atoms with E-state index in [2.05, 4.69) is 27.7 Å². The molecule has 1 aliphatic rings. The van der Waals surface area contributed by atoms with Crippen LogP contribution in [0, 0.1) is 5.41 Å². The first-order chi connectivity index (χ1) is 7.44. The number of esters is 1. The maximum Gasteiger partial charge on any atom is 0.310 e. The Balaban J connectivity index is 2.51. The molecule has 0 N–H and O–H groups in total. The zero-order valence-electron chi connectivity index (χ0n) is 11.1. The molecule has 0 saturated carbocycles.